The van der Waals surface area contributed by atoms with Crippen molar-refractivity contribution in [3.8, 4) is 0 Å². The van der Waals surface area contributed by atoms with Crippen molar-refractivity contribution in [2.24, 2.45) is 7.05 Å². The summed E-state index contributed by atoms with van der Waals surface area (Å²) in [6.45, 7) is 2.70. The lowest BCUT2D eigenvalue weighted by molar-refractivity contribution is 0.526. The van der Waals surface area contributed by atoms with E-state index < -0.39 is 0 Å². The number of hydrogen-bond donors (Lipinski definition) is 0. The average Bonchev–Trinajstić information content (AvgIpc) is 2.28. The Morgan fingerprint density at radius 1 is 1.12 bits per heavy atom. The first-order valence-corrected chi connectivity index (χ1v) is 5.93. The zero-order valence-electron chi connectivity index (χ0n) is 10.1. The number of aryl methyl sites for hydroxylation is 1. The highest BCUT2D eigenvalue weighted by molar-refractivity contribution is 4.85. The van der Waals surface area contributed by atoms with Crippen LogP contribution in [0.1, 0.15) is 39.0 Å². The fourth-order valence-corrected chi connectivity index (χ4v) is 1.69. The molecule has 90 valence electrons. The minimum Gasteiger partial charge on any atom is -0.303 e. The number of hydrogen-bond acceptors (Lipinski definition) is 2. The Labute approximate surface area is 95.5 Å². The maximum atomic E-state index is 11.6. The van der Waals surface area contributed by atoms with Crippen molar-refractivity contribution in [1.29, 1.82) is 0 Å². The second-order valence-electron chi connectivity index (χ2n) is 4.11. The maximum absolute atomic E-state index is 11.6. The van der Waals surface area contributed by atoms with Crippen molar-refractivity contribution in [1.82, 2.24) is 9.13 Å². The van der Waals surface area contributed by atoms with Crippen LogP contribution in [0.4, 0.5) is 0 Å². The highest BCUT2D eigenvalue weighted by Gasteiger charge is 2.01. The molecule has 0 unspecified atom stereocenters. The third-order valence-electron chi connectivity index (χ3n) is 2.72. The Morgan fingerprint density at radius 3 is 2.50 bits per heavy atom. The van der Waals surface area contributed by atoms with Gasteiger partial charge < -0.3 is 4.57 Å². The summed E-state index contributed by atoms with van der Waals surface area (Å²) in [5.41, 5.74) is -0.415. The van der Waals surface area contributed by atoms with E-state index in [0.29, 0.717) is 6.54 Å². The lowest BCUT2D eigenvalue weighted by Crippen LogP contribution is -2.37. The molecular formula is C12H20N2O2. The van der Waals surface area contributed by atoms with Crippen LogP contribution in [0.15, 0.2) is 21.9 Å². The molecule has 4 nitrogen and oxygen atoms in total. The summed E-state index contributed by atoms with van der Waals surface area (Å²) < 4.78 is 2.75. The average molecular weight is 224 g/mol. The molecule has 0 fully saturated rings. The third-order valence-corrected chi connectivity index (χ3v) is 2.72. The second-order valence-corrected chi connectivity index (χ2v) is 4.11. The molecule has 0 spiro atoms. The molecule has 0 atom stereocenters. The molecule has 16 heavy (non-hydrogen) atoms. The van der Waals surface area contributed by atoms with Crippen molar-refractivity contribution in [2.75, 3.05) is 0 Å². The normalized spacial score (nSPS) is 10.6. The van der Waals surface area contributed by atoms with Crippen molar-refractivity contribution < 1.29 is 0 Å². The summed E-state index contributed by atoms with van der Waals surface area (Å²) in [5, 5.41) is 0. The van der Waals surface area contributed by atoms with E-state index in [-0.39, 0.29) is 11.2 Å². The molecule has 0 aliphatic rings. The molecule has 1 rings (SSSR count). The maximum Gasteiger partial charge on any atom is 0.330 e. The third kappa shape index (κ3) is 3.36. The molecule has 0 aliphatic carbocycles. The van der Waals surface area contributed by atoms with Crippen LogP contribution in [0.25, 0.3) is 0 Å². The van der Waals surface area contributed by atoms with Crippen LogP contribution in [0.3, 0.4) is 0 Å². The van der Waals surface area contributed by atoms with E-state index in [0.717, 1.165) is 12.8 Å². The topological polar surface area (TPSA) is 44.0 Å². The summed E-state index contributed by atoms with van der Waals surface area (Å²) in [4.78, 5) is 23.1. The van der Waals surface area contributed by atoms with Crippen molar-refractivity contribution >= 4 is 0 Å². The lowest BCUT2D eigenvalue weighted by Gasteiger charge is -2.05. The van der Waals surface area contributed by atoms with Gasteiger partial charge in [-0.15, -0.1) is 0 Å². The molecule has 0 saturated heterocycles. The van der Waals surface area contributed by atoms with Gasteiger partial charge >= 0.3 is 5.69 Å². The van der Waals surface area contributed by atoms with Gasteiger partial charge in [-0.2, -0.15) is 0 Å². The van der Waals surface area contributed by atoms with Crippen LogP contribution in [-0.4, -0.2) is 9.13 Å². The summed E-state index contributed by atoms with van der Waals surface area (Å²) in [7, 11) is 1.66. The number of nitrogens with zero attached hydrogens (tertiary/aromatic N) is 2. The molecule has 1 heterocycles. The molecule has 1 aromatic rings. The first-order chi connectivity index (χ1) is 7.66. The van der Waals surface area contributed by atoms with Crippen LogP contribution in [-0.2, 0) is 13.6 Å². The molecule has 4 heteroatoms. The van der Waals surface area contributed by atoms with Crippen LogP contribution in [0.5, 0.6) is 0 Å². The first kappa shape index (κ1) is 12.7. The highest BCUT2D eigenvalue weighted by atomic mass is 16.2. The Bertz CT molecular complexity index is 431. The number of rotatable bonds is 6. The standard InChI is InChI=1S/C12H20N2O2/c1-3-4-5-6-7-9-14-11(15)8-10-13(2)12(14)16/h8,10H,3-7,9H2,1-2H3. The predicted octanol–water partition coefficient (Wildman–Crippen LogP) is 1.52. The van der Waals surface area contributed by atoms with E-state index in [1.54, 1.807) is 7.05 Å². The van der Waals surface area contributed by atoms with Gasteiger partial charge in [-0.05, 0) is 6.42 Å². The fraction of sp³-hybridized carbons (Fsp3) is 0.667. The van der Waals surface area contributed by atoms with Gasteiger partial charge in [0.15, 0.2) is 0 Å². The summed E-state index contributed by atoms with van der Waals surface area (Å²) in [6.07, 6.45) is 7.10. The smallest absolute Gasteiger partial charge is 0.303 e. The zero-order chi connectivity index (χ0) is 12.0. The predicted molar refractivity (Wildman–Crippen MR) is 64.7 cm³/mol. The van der Waals surface area contributed by atoms with Crippen molar-refractivity contribution in [3.63, 3.8) is 0 Å². The van der Waals surface area contributed by atoms with Gasteiger partial charge in [0.1, 0.15) is 0 Å². The van der Waals surface area contributed by atoms with Crippen molar-refractivity contribution in [2.45, 2.75) is 45.6 Å². The van der Waals surface area contributed by atoms with E-state index >= 15 is 0 Å². The van der Waals surface area contributed by atoms with Gasteiger partial charge in [0, 0.05) is 25.9 Å². The van der Waals surface area contributed by atoms with E-state index in [9.17, 15) is 9.59 Å². The lowest BCUT2D eigenvalue weighted by atomic mass is 10.1. The number of aromatic nitrogens is 2. The van der Waals surface area contributed by atoms with Crippen LogP contribution in [0, 0.1) is 0 Å². The quantitative estimate of drug-likeness (QED) is 0.688. The Morgan fingerprint density at radius 2 is 1.81 bits per heavy atom. The van der Waals surface area contributed by atoms with Crippen LogP contribution in [0.2, 0.25) is 0 Å². The van der Waals surface area contributed by atoms with E-state index in [1.165, 1.54) is 40.7 Å². The highest BCUT2D eigenvalue weighted by Crippen LogP contribution is 2.02. The van der Waals surface area contributed by atoms with Gasteiger partial charge in [-0.3, -0.25) is 9.36 Å². The molecule has 0 aromatic carbocycles. The molecule has 0 N–H and O–H groups in total. The van der Waals surface area contributed by atoms with Gasteiger partial charge in [0.25, 0.3) is 5.56 Å². The molecule has 0 saturated carbocycles. The molecule has 0 radical (unpaired) electrons. The summed E-state index contributed by atoms with van der Waals surface area (Å²) in [5.74, 6) is 0. The first-order valence-electron chi connectivity index (χ1n) is 5.93. The largest absolute Gasteiger partial charge is 0.330 e. The van der Waals surface area contributed by atoms with Gasteiger partial charge in [0.2, 0.25) is 0 Å². The Balaban J connectivity index is 2.57. The minimum absolute atomic E-state index is 0.196. The molecule has 0 amide bonds. The van der Waals surface area contributed by atoms with E-state index in [1.807, 2.05) is 0 Å². The molecule has 1 aromatic heterocycles. The Kier molecular flexibility index (Phi) is 5.02. The molecular weight excluding hydrogens is 204 g/mol. The molecule has 0 aliphatic heterocycles. The summed E-state index contributed by atoms with van der Waals surface area (Å²) in [6, 6.07) is 1.44. The van der Waals surface area contributed by atoms with Crippen LogP contribution >= 0.6 is 0 Å². The number of unbranched alkanes of at least 4 members (excludes halogenated alkanes) is 4. The van der Waals surface area contributed by atoms with Crippen LogP contribution < -0.4 is 11.2 Å². The monoisotopic (exact) mass is 224 g/mol. The van der Waals surface area contributed by atoms with Gasteiger partial charge in [-0.25, -0.2) is 4.79 Å². The van der Waals surface area contributed by atoms with Crippen molar-refractivity contribution in [3.05, 3.63) is 33.1 Å². The van der Waals surface area contributed by atoms with Gasteiger partial charge in [0.05, 0.1) is 0 Å². The van der Waals surface area contributed by atoms with Gasteiger partial charge in [-0.1, -0.05) is 32.6 Å². The van der Waals surface area contributed by atoms with E-state index in [4.69, 9.17) is 0 Å². The van der Waals surface area contributed by atoms with E-state index in [2.05, 4.69) is 6.92 Å². The fourth-order valence-electron chi connectivity index (χ4n) is 1.69. The Hall–Kier alpha value is -1.32. The SMILES string of the molecule is CCCCCCCn1c(=O)ccn(C)c1=O. The summed E-state index contributed by atoms with van der Waals surface area (Å²) >= 11 is 0. The zero-order valence-corrected chi connectivity index (χ0v) is 10.1. The molecule has 0 bridgehead atoms. The minimum atomic E-state index is -0.219. The second kappa shape index (κ2) is 6.30.